The van der Waals surface area contributed by atoms with E-state index in [1.165, 1.54) is 0 Å². The summed E-state index contributed by atoms with van der Waals surface area (Å²) in [5, 5.41) is 0. The van der Waals surface area contributed by atoms with Crippen molar-refractivity contribution in [2.75, 3.05) is 0 Å². The largest absolute Gasteiger partial charge is 0.298 e. The van der Waals surface area contributed by atoms with Gasteiger partial charge in [-0.15, -0.1) is 0 Å². The summed E-state index contributed by atoms with van der Waals surface area (Å²) >= 11 is 0. The van der Waals surface area contributed by atoms with Gasteiger partial charge in [0.1, 0.15) is 0 Å². The van der Waals surface area contributed by atoms with E-state index < -0.39 is 34.9 Å². The average molecular weight is 394 g/mol. The highest BCUT2D eigenvalue weighted by atomic mass is 19.2. The van der Waals surface area contributed by atoms with Gasteiger partial charge in [0.05, 0.1) is 0 Å². The fraction of sp³-hybridized carbons (Fsp3) is 0. The number of benzene rings is 3. The molecule has 8 heteroatoms. The van der Waals surface area contributed by atoms with Crippen molar-refractivity contribution >= 4 is 12.6 Å². The van der Waals surface area contributed by atoms with Crippen LogP contribution in [0, 0.1) is 34.9 Å². The molecule has 28 heavy (non-hydrogen) atoms. The maximum absolute atomic E-state index is 13.5. The fourth-order valence-electron chi connectivity index (χ4n) is 2.75. The van der Waals surface area contributed by atoms with Gasteiger partial charge in [0.2, 0.25) is 0 Å². The third kappa shape index (κ3) is 3.28. The Balaban J connectivity index is 2.27. The minimum absolute atomic E-state index is 0.110. The van der Waals surface area contributed by atoms with Gasteiger partial charge in [-0.2, -0.15) is 0 Å². The van der Waals surface area contributed by atoms with Crippen molar-refractivity contribution in [3.8, 4) is 22.3 Å². The van der Waals surface area contributed by atoms with E-state index in [-0.39, 0.29) is 46.0 Å². The first-order valence-electron chi connectivity index (χ1n) is 7.65. The SMILES string of the molecule is O=Cc1cc(-c2cc(F)c(F)c(F)c2)c(C=O)cc1-c1cc(F)c(F)c(F)c1. The highest BCUT2D eigenvalue weighted by molar-refractivity contribution is 5.97. The second-order valence-electron chi connectivity index (χ2n) is 5.77. The van der Waals surface area contributed by atoms with Crippen molar-refractivity contribution in [2.24, 2.45) is 0 Å². The number of hydrogen-bond acceptors (Lipinski definition) is 2. The number of carbonyl (C=O) groups excluding carboxylic acids is 2. The second kappa shape index (κ2) is 7.30. The molecular formula is C20H8F6O2. The van der Waals surface area contributed by atoms with Crippen LogP contribution in [0.2, 0.25) is 0 Å². The fourth-order valence-corrected chi connectivity index (χ4v) is 2.75. The average Bonchev–Trinajstić information content (AvgIpc) is 2.68. The molecule has 0 saturated carbocycles. The van der Waals surface area contributed by atoms with Gasteiger partial charge in [-0.05, 0) is 58.7 Å². The molecule has 0 aliphatic heterocycles. The quantitative estimate of drug-likeness (QED) is 0.334. The Labute approximate surface area is 154 Å². The molecule has 0 aliphatic rings. The first-order valence-corrected chi connectivity index (χ1v) is 7.65. The predicted octanol–water partition coefficient (Wildman–Crippen LogP) is 5.48. The van der Waals surface area contributed by atoms with Crippen LogP contribution >= 0.6 is 0 Å². The first-order chi connectivity index (χ1) is 13.3. The Hall–Kier alpha value is -3.42. The maximum atomic E-state index is 13.5. The van der Waals surface area contributed by atoms with Gasteiger partial charge in [-0.1, -0.05) is 0 Å². The molecule has 0 aliphatic carbocycles. The van der Waals surface area contributed by atoms with Crippen molar-refractivity contribution in [2.45, 2.75) is 0 Å². The molecule has 0 spiro atoms. The third-order valence-corrected chi connectivity index (χ3v) is 4.07. The summed E-state index contributed by atoms with van der Waals surface area (Å²) in [6.45, 7) is 0. The minimum atomic E-state index is -1.71. The monoisotopic (exact) mass is 394 g/mol. The lowest BCUT2D eigenvalue weighted by molar-refractivity contribution is 0.111. The zero-order valence-electron chi connectivity index (χ0n) is 13.7. The van der Waals surface area contributed by atoms with Gasteiger partial charge in [-0.3, -0.25) is 9.59 Å². The molecule has 0 bridgehead atoms. The molecule has 3 rings (SSSR count). The van der Waals surface area contributed by atoms with E-state index in [1.54, 1.807) is 0 Å². The molecule has 3 aromatic rings. The number of carbonyl (C=O) groups is 2. The molecule has 0 heterocycles. The van der Waals surface area contributed by atoms with Crippen LogP contribution in [0.15, 0.2) is 36.4 Å². The molecule has 0 unspecified atom stereocenters. The molecule has 142 valence electrons. The molecule has 3 aromatic carbocycles. The molecule has 0 radical (unpaired) electrons. The summed E-state index contributed by atoms with van der Waals surface area (Å²) in [6.07, 6.45) is 0.561. The Morgan fingerprint density at radius 1 is 0.500 bits per heavy atom. The molecule has 0 aromatic heterocycles. The lowest BCUT2D eigenvalue weighted by Crippen LogP contribution is -1.99. The Morgan fingerprint density at radius 3 is 1.04 bits per heavy atom. The van der Waals surface area contributed by atoms with Crippen molar-refractivity contribution < 1.29 is 35.9 Å². The highest BCUT2D eigenvalue weighted by Crippen LogP contribution is 2.33. The summed E-state index contributed by atoms with van der Waals surface area (Å²) in [6, 6.07) is 4.63. The third-order valence-electron chi connectivity index (χ3n) is 4.07. The summed E-state index contributed by atoms with van der Waals surface area (Å²) in [7, 11) is 0. The first kappa shape index (κ1) is 19.3. The van der Waals surface area contributed by atoms with Gasteiger partial charge in [0, 0.05) is 11.1 Å². The van der Waals surface area contributed by atoms with E-state index in [0.717, 1.165) is 12.1 Å². The zero-order chi connectivity index (χ0) is 20.6. The van der Waals surface area contributed by atoms with Crippen molar-refractivity contribution in [1.29, 1.82) is 0 Å². The summed E-state index contributed by atoms with van der Waals surface area (Å²) in [4.78, 5) is 22.9. The van der Waals surface area contributed by atoms with Gasteiger partial charge < -0.3 is 0 Å². The lowest BCUT2D eigenvalue weighted by Gasteiger charge is -2.13. The van der Waals surface area contributed by atoms with Crippen LogP contribution < -0.4 is 0 Å². The number of hydrogen-bond donors (Lipinski definition) is 0. The van der Waals surface area contributed by atoms with Crippen LogP contribution in [0.1, 0.15) is 20.7 Å². The molecule has 0 N–H and O–H groups in total. The van der Waals surface area contributed by atoms with E-state index in [9.17, 15) is 35.9 Å². The van der Waals surface area contributed by atoms with E-state index in [0.29, 0.717) is 24.3 Å². The topological polar surface area (TPSA) is 34.1 Å². The van der Waals surface area contributed by atoms with Crippen LogP contribution in [0.25, 0.3) is 22.3 Å². The molecule has 0 saturated heterocycles. The zero-order valence-corrected chi connectivity index (χ0v) is 13.7. The molecule has 0 atom stereocenters. The maximum Gasteiger partial charge on any atom is 0.194 e. The molecule has 2 nitrogen and oxygen atoms in total. The van der Waals surface area contributed by atoms with Gasteiger partial charge in [-0.25, -0.2) is 26.3 Å². The van der Waals surface area contributed by atoms with Crippen molar-refractivity contribution in [1.82, 2.24) is 0 Å². The summed E-state index contributed by atoms with van der Waals surface area (Å²) < 4.78 is 80.4. The van der Waals surface area contributed by atoms with Crippen LogP contribution in [0.5, 0.6) is 0 Å². The normalized spacial score (nSPS) is 10.8. The molecule has 0 amide bonds. The van der Waals surface area contributed by atoms with Crippen molar-refractivity contribution in [3.63, 3.8) is 0 Å². The van der Waals surface area contributed by atoms with Crippen molar-refractivity contribution in [3.05, 3.63) is 82.4 Å². The Bertz CT molecular complexity index is 989. The number of rotatable bonds is 4. The number of aldehydes is 2. The van der Waals surface area contributed by atoms with E-state index >= 15 is 0 Å². The van der Waals surface area contributed by atoms with Crippen LogP contribution in [0.3, 0.4) is 0 Å². The Kier molecular flexibility index (Phi) is 5.04. The lowest BCUT2D eigenvalue weighted by atomic mass is 9.91. The van der Waals surface area contributed by atoms with E-state index in [1.807, 2.05) is 0 Å². The molecular weight excluding hydrogens is 386 g/mol. The summed E-state index contributed by atoms with van der Waals surface area (Å²) in [5.74, 6) is -9.45. The second-order valence-corrected chi connectivity index (χ2v) is 5.77. The van der Waals surface area contributed by atoms with E-state index in [2.05, 4.69) is 0 Å². The standard InChI is InChI=1S/C20H8F6O2/c21-15-3-9(4-16(22)19(15)25)13-1-11(7-27)14(2-12(13)8-28)10-5-17(23)20(26)18(24)6-10/h1-8H. The van der Waals surface area contributed by atoms with Crippen LogP contribution in [-0.2, 0) is 0 Å². The summed E-state index contributed by atoms with van der Waals surface area (Å²) in [5.41, 5.74) is -1.08. The van der Waals surface area contributed by atoms with Gasteiger partial charge in [0.15, 0.2) is 47.5 Å². The van der Waals surface area contributed by atoms with Crippen LogP contribution in [-0.4, -0.2) is 12.6 Å². The highest BCUT2D eigenvalue weighted by Gasteiger charge is 2.19. The number of halogens is 6. The molecule has 0 fully saturated rings. The minimum Gasteiger partial charge on any atom is -0.298 e. The van der Waals surface area contributed by atoms with Gasteiger partial charge in [0.25, 0.3) is 0 Å². The Morgan fingerprint density at radius 2 is 0.786 bits per heavy atom. The smallest absolute Gasteiger partial charge is 0.194 e. The van der Waals surface area contributed by atoms with Crippen LogP contribution in [0.4, 0.5) is 26.3 Å². The predicted molar refractivity (Wildman–Crippen MR) is 87.8 cm³/mol. The van der Waals surface area contributed by atoms with E-state index in [4.69, 9.17) is 0 Å². The van der Waals surface area contributed by atoms with Gasteiger partial charge >= 0.3 is 0 Å².